The Hall–Kier alpha value is -3.55. The van der Waals surface area contributed by atoms with E-state index in [4.69, 9.17) is 0 Å². The number of pyridine rings is 1. The molecule has 5 heterocycles. The molecule has 146 valence electrons. The second-order valence-electron chi connectivity index (χ2n) is 7.33. The Kier molecular flexibility index (Phi) is 4.51. The molecule has 1 aliphatic rings. The zero-order chi connectivity index (χ0) is 19.6. The third-order valence-corrected chi connectivity index (χ3v) is 5.45. The Morgan fingerprint density at radius 2 is 1.76 bits per heavy atom. The van der Waals surface area contributed by atoms with E-state index in [1.165, 1.54) is 0 Å². The minimum atomic E-state index is -0.0579. The van der Waals surface area contributed by atoms with Crippen LogP contribution >= 0.6 is 0 Å². The van der Waals surface area contributed by atoms with Gasteiger partial charge in [-0.05, 0) is 49.1 Å². The van der Waals surface area contributed by atoms with Crippen LogP contribution in [-0.2, 0) is 6.54 Å². The molecule has 0 atom stereocenters. The lowest BCUT2D eigenvalue weighted by Crippen LogP contribution is -2.37. The van der Waals surface area contributed by atoms with Crippen molar-refractivity contribution in [3.05, 3.63) is 71.5 Å². The van der Waals surface area contributed by atoms with Gasteiger partial charge in [0.05, 0.1) is 5.69 Å². The van der Waals surface area contributed by atoms with Gasteiger partial charge in [0.2, 0.25) is 0 Å². The van der Waals surface area contributed by atoms with Gasteiger partial charge in [0.1, 0.15) is 5.82 Å². The van der Waals surface area contributed by atoms with Crippen LogP contribution in [0.15, 0.2) is 66.0 Å². The summed E-state index contributed by atoms with van der Waals surface area (Å²) in [6.07, 6.45) is 9.08. The Balaban J connectivity index is 1.27. The molecule has 0 radical (unpaired) electrons. The summed E-state index contributed by atoms with van der Waals surface area (Å²) in [7, 11) is 0. The number of anilines is 1. The van der Waals surface area contributed by atoms with Gasteiger partial charge in [0, 0.05) is 56.1 Å². The highest BCUT2D eigenvalue weighted by atomic mass is 16.1. The Labute approximate surface area is 167 Å². The lowest BCUT2D eigenvalue weighted by atomic mass is 9.97. The number of nitrogens with zero attached hydrogens (tertiary/aromatic N) is 7. The summed E-state index contributed by atoms with van der Waals surface area (Å²) in [6.45, 7) is 2.47. The molecular formula is C21H21N7O. The number of piperidine rings is 1. The van der Waals surface area contributed by atoms with Gasteiger partial charge in [0.25, 0.3) is 5.56 Å². The maximum absolute atomic E-state index is 12.3. The van der Waals surface area contributed by atoms with Crippen molar-refractivity contribution in [3.63, 3.8) is 0 Å². The Morgan fingerprint density at radius 1 is 0.931 bits per heavy atom. The van der Waals surface area contributed by atoms with Crippen molar-refractivity contribution >= 4 is 11.5 Å². The molecule has 0 bridgehead atoms. The highest BCUT2D eigenvalue weighted by molar-refractivity contribution is 5.57. The molecule has 0 saturated carbocycles. The first-order valence-corrected chi connectivity index (χ1v) is 9.80. The summed E-state index contributed by atoms with van der Waals surface area (Å²) in [5.41, 5.74) is 2.55. The van der Waals surface area contributed by atoms with Crippen LogP contribution in [0, 0.1) is 5.92 Å². The fourth-order valence-electron chi connectivity index (χ4n) is 3.82. The molecule has 1 aliphatic heterocycles. The fourth-order valence-corrected chi connectivity index (χ4v) is 3.82. The van der Waals surface area contributed by atoms with Crippen LogP contribution in [0.3, 0.4) is 0 Å². The third kappa shape index (κ3) is 3.61. The number of imidazole rings is 1. The second kappa shape index (κ2) is 7.46. The van der Waals surface area contributed by atoms with E-state index in [0.29, 0.717) is 12.5 Å². The SMILES string of the molecule is O=c1ccc(-c2ccncc2)nn1CC1CCN(c2ccc3nccn3n2)CC1. The predicted octanol–water partition coefficient (Wildman–Crippen LogP) is 2.26. The molecular weight excluding hydrogens is 366 g/mol. The van der Waals surface area contributed by atoms with Crippen molar-refractivity contribution in [2.24, 2.45) is 5.92 Å². The summed E-state index contributed by atoms with van der Waals surface area (Å²) in [4.78, 5) is 22.9. The van der Waals surface area contributed by atoms with Crippen molar-refractivity contribution < 1.29 is 0 Å². The second-order valence-corrected chi connectivity index (χ2v) is 7.33. The van der Waals surface area contributed by atoms with Crippen LogP contribution < -0.4 is 10.5 Å². The van der Waals surface area contributed by atoms with Gasteiger partial charge in [-0.25, -0.2) is 14.2 Å². The van der Waals surface area contributed by atoms with Crippen molar-refractivity contribution in [3.8, 4) is 11.3 Å². The van der Waals surface area contributed by atoms with Gasteiger partial charge in [-0.3, -0.25) is 9.78 Å². The molecule has 8 heteroatoms. The standard InChI is InChI=1S/C21H21N7O/c29-21-4-1-18(17-5-9-22-10-6-17)24-28(21)15-16-7-12-26(13-8-16)20-3-2-19-23-11-14-27(19)25-20/h1-6,9-11,14,16H,7-8,12-13,15H2. The van der Waals surface area contributed by atoms with Gasteiger partial charge in [-0.1, -0.05) is 0 Å². The van der Waals surface area contributed by atoms with Crippen LogP contribution in [0.2, 0.25) is 0 Å². The number of aromatic nitrogens is 6. The van der Waals surface area contributed by atoms with Crippen LogP contribution in [0.5, 0.6) is 0 Å². The fraction of sp³-hybridized carbons (Fsp3) is 0.286. The van der Waals surface area contributed by atoms with Gasteiger partial charge in [-0.2, -0.15) is 5.10 Å². The van der Waals surface area contributed by atoms with Crippen molar-refractivity contribution in [2.75, 3.05) is 18.0 Å². The molecule has 0 aromatic carbocycles. The van der Waals surface area contributed by atoms with Gasteiger partial charge < -0.3 is 4.90 Å². The van der Waals surface area contributed by atoms with Crippen LogP contribution in [0.25, 0.3) is 16.9 Å². The monoisotopic (exact) mass is 387 g/mol. The molecule has 29 heavy (non-hydrogen) atoms. The minimum absolute atomic E-state index is 0.0579. The number of hydrogen-bond donors (Lipinski definition) is 0. The molecule has 4 aromatic heterocycles. The molecule has 0 amide bonds. The van der Waals surface area contributed by atoms with Gasteiger partial charge in [-0.15, -0.1) is 5.10 Å². The lowest BCUT2D eigenvalue weighted by Gasteiger charge is -2.32. The molecule has 8 nitrogen and oxygen atoms in total. The van der Waals surface area contributed by atoms with E-state index in [-0.39, 0.29) is 5.56 Å². The van der Waals surface area contributed by atoms with Crippen LogP contribution in [0.1, 0.15) is 12.8 Å². The first-order valence-electron chi connectivity index (χ1n) is 9.80. The molecule has 5 rings (SSSR count). The molecule has 0 aliphatic carbocycles. The van der Waals surface area contributed by atoms with E-state index < -0.39 is 0 Å². The minimum Gasteiger partial charge on any atom is -0.355 e. The molecule has 1 fully saturated rings. The Bertz CT molecular complexity index is 1180. The highest BCUT2D eigenvalue weighted by Crippen LogP contribution is 2.23. The Morgan fingerprint density at radius 3 is 2.59 bits per heavy atom. The zero-order valence-corrected chi connectivity index (χ0v) is 15.9. The third-order valence-electron chi connectivity index (χ3n) is 5.45. The molecule has 0 N–H and O–H groups in total. The van der Waals surface area contributed by atoms with E-state index in [1.54, 1.807) is 39.9 Å². The summed E-state index contributed by atoms with van der Waals surface area (Å²) < 4.78 is 3.40. The number of fused-ring (bicyclic) bond motifs is 1. The largest absolute Gasteiger partial charge is 0.355 e. The van der Waals surface area contributed by atoms with E-state index >= 15 is 0 Å². The molecule has 4 aromatic rings. The van der Waals surface area contributed by atoms with Gasteiger partial charge >= 0.3 is 0 Å². The smallest absolute Gasteiger partial charge is 0.266 e. The predicted molar refractivity (Wildman–Crippen MR) is 110 cm³/mol. The lowest BCUT2D eigenvalue weighted by molar-refractivity contribution is 0.334. The maximum Gasteiger partial charge on any atom is 0.266 e. The van der Waals surface area contributed by atoms with Crippen molar-refractivity contribution in [2.45, 2.75) is 19.4 Å². The van der Waals surface area contributed by atoms with Gasteiger partial charge in [0.15, 0.2) is 5.65 Å². The number of rotatable bonds is 4. The first-order chi connectivity index (χ1) is 14.3. The first kappa shape index (κ1) is 17.5. The van der Waals surface area contributed by atoms with E-state index in [0.717, 1.165) is 48.7 Å². The quantitative estimate of drug-likeness (QED) is 0.534. The van der Waals surface area contributed by atoms with Crippen molar-refractivity contribution in [1.29, 1.82) is 0 Å². The number of hydrogen-bond acceptors (Lipinski definition) is 6. The summed E-state index contributed by atoms with van der Waals surface area (Å²) in [5, 5.41) is 9.22. The van der Waals surface area contributed by atoms with Crippen LogP contribution in [0.4, 0.5) is 5.82 Å². The van der Waals surface area contributed by atoms with E-state index in [1.807, 2.05) is 30.5 Å². The average molecular weight is 387 g/mol. The van der Waals surface area contributed by atoms with E-state index in [2.05, 4.69) is 25.1 Å². The topological polar surface area (TPSA) is 81.2 Å². The molecule has 0 spiro atoms. The average Bonchev–Trinajstić information content (AvgIpc) is 3.24. The maximum atomic E-state index is 12.3. The normalized spacial score (nSPS) is 15.1. The summed E-state index contributed by atoms with van der Waals surface area (Å²) >= 11 is 0. The summed E-state index contributed by atoms with van der Waals surface area (Å²) in [5.74, 6) is 1.38. The summed E-state index contributed by atoms with van der Waals surface area (Å²) in [6, 6.07) is 11.2. The molecule has 0 unspecified atom stereocenters. The van der Waals surface area contributed by atoms with Crippen molar-refractivity contribution in [1.82, 2.24) is 29.4 Å². The van der Waals surface area contributed by atoms with Crippen LogP contribution in [-0.4, -0.2) is 42.5 Å². The highest BCUT2D eigenvalue weighted by Gasteiger charge is 2.21. The zero-order valence-electron chi connectivity index (χ0n) is 15.9. The van der Waals surface area contributed by atoms with E-state index in [9.17, 15) is 4.79 Å². The molecule has 1 saturated heterocycles.